The Hall–Kier alpha value is -3.19. The number of nitrogens with zero attached hydrogens (tertiary/aromatic N) is 3. The van der Waals surface area contributed by atoms with Crippen LogP contribution in [-0.2, 0) is 6.54 Å². The molecular weight excluding hydrogens is 366 g/mol. The van der Waals surface area contributed by atoms with Crippen LogP contribution in [0, 0.1) is 0 Å². The summed E-state index contributed by atoms with van der Waals surface area (Å²) in [7, 11) is 1.63. The Morgan fingerprint density at radius 1 is 1.28 bits per heavy atom. The zero-order chi connectivity index (χ0) is 20.1. The Kier molecular flexibility index (Phi) is 5.86. The number of methoxy groups -OCH3 is 1. The first kappa shape index (κ1) is 19.1. The maximum absolute atomic E-state index is 12.7. The molecule has 1 aromatic carbocycles. The van der Waals surface area contributed by atoms with Crippen molar-refractivity contribution in [2.45, 2.75) is 25.4 Å². The number of pyridine rings is 1. The van der Waals surface area contributed by atoms with Crippen LogP contribution < -0.4 is 10.1 Å². The second kappa shape index (κ2) is 8.87. The van der Waals surface area contributed by atoms with E-state index in [0.717, 1.165) is 55.2 Å². The molecular formula is C22H25N5O2. The molecule has 150 valence electrons. The largest absolute Gasteiger partial charge is 0.497 e. The summed E-state index contributed by atoms with van der Waals surface area (Å²) in [6.45, 7) is 2.65. The highest BCUT2D eigenvalue weighted by Gasteiger charge is 2.23. The fourth-order valence-electron chi connectivity index (χ4n) is 3.65. The van der Waals surface area contributed by atoms with E-state index in [0.29, 0.717) is 5.69 Å². The zero-order valence-corrected chi connectivity index (χ0v) is 16.5. The fourth-order valence-corrected chi connectivity index (χ4v) is 3.65. The summed E-state index contributed by atoms with van der Waals surface area (Å²) < 4.78 is 5.18. The predicted molar refractivity (Wildman–Crippen MR) is 111 cm³/mol. The number of carbonyl (C=O) groups is 1. The number of hydrogen-bond acceptors (Lipinski definition) is 5. The number of hydrogen-bond donors (Lipinski definition) is 2. The second-order valence-corrected chi connectivity index (χ2v) is 7.26. The molecule has 0 radical (unpaired) electrons. The summed E-state index contributed by atoms with van der Waals surface area (Å²) in [5.41, 5.74) is 3.19. The molecule has 7 heteroatoms. The quantitative estimate of drug-likeness (QED) is 0.675. The van der Waals surface area contributed by atoms with Gasteiger partial charge in [0.25, 0.3) is 5.91 Å². The molecule has 2 N–H and O–H groups in total. The summed E-state index contributed by atoms with van der Waals surface area (Å²) in [6, 6.07) is 15.5. The summed E-state index contributed by atoms with van der Waals surface area (Å²) in [5.74, 6) is 0.664. The van der Waals surface area contributed by atoms with E-state index in [-0.39, 0.29) is 11.9 Å². The minimum atomic E-state index is -0.123. The zero-order valence-electron chi connectivity index (χ0n) is 16.5. The number of H-pyrrole nitrogens is 1. The summed E-state index contributed by atoms with van der Waals surface area (Å²) in [6.07, 6.45) is 3.85. The number of carbonyl (C=O) groups excluding carboxylic acids is 1. The lowest BCUT2D eigenvalue weighted by Gasteiger charge is -2.32. The lowest BCUT2D eigenvalue weighted by atomic mass is 10.1. The third-order valence-electron chi connectivity index (χ3n) is 5.16. The van der Waals surface area contributed by atoms with Crippen molar-refractivity contribution in [3.05, 3.63) is 66.1 Å². The molecule has 3 aromatic rings. The van der Waals surface area contributed by atoms with E-state index in [1.165, 1.54) is 0 Å². The minimum absolute atomic E-state index is 0.118. The van der Waals surface area contributed by atoms with E-state index >= 15 is 0 Å². The molecule has 29 heavy (non-hydrogen) atoms. The molecule has 1 fully saturated rings. The van der Waals surface area contributed by atoms with Gasteiger partial charge in [-0.05, 0) is 61.9 Å². The number of aromatic amines is 1. The van der Waals surface area contributed by atoms with Crippen molar-refractivity contribution >= 4 is 5.91 Å². The van der Waals surface area contributed by atoms with Crippen LogP contribution in [0.4, 0.5) is 0 Å². The van der Waals surface area contributed by atoms with Gasteiger partial charge in [0, 0.05) is 30.9 Å². The van der Waals surface area contributed by atoms with Gasteiger partial charge in [0.2, 0.25) is 0 Å². The summed E-state index contributed by atoms with van der Waals surface area (Å²) >= 11 is 0. The van der Waals surface area contributed by atoms with Gasteiger partial charge in [0.1, 0.15) is 11.4 Å². The molecule has 1 amide bonds. The molecule has 0 unspecified atom stereocenters. The smallest absolute Gasteiger partial charge is 0.269 e. The first-order valence-electron chi connectivity index (χ1n) is 9.84. The van der Waals surface area contributed by atoms with Crippen LogP contribution in [0.25, 0.3) is 11.3 Å². The van der Waals surface area contributed by atoms with Crippen molar-refractivity contribution in [2.75, 3.05) is 20.2 Å². The number of piperidine rings is 1. The Labute approximate surface area is 170 Å². The first-order chi connectivity index (χ1) is 14.2. The number of amides is 1. The van der Waals surface area contributed by atoms with Crippen molar-refractivity contribution in [3.8, 4) is 17.0 Å². The average Bonchev–Trinajstić information content (AvgIpc) is 3.25. The Balaban J connectivity index is 1.35. The van der Waals surface area contributed by atoms with E-state index in [9.17, 15) is 4.79 Å². The van der Waals surface area contributed by atoms with Crippen LogP contribution in [-0.4, -0.2) is 52.2 Å². The Morgan fingerprint density at radius 2 is 2.14 bits per heavy atom. The SMILES string of the molecule is COc1ccc(-c2cc(C(=O)N[C@H]3CCCN(Cc4ccccn4)C3)[nH]n2)cc1. The minimum Gasteiger partial charge on any atom is -0.497 e. The number of nitrogens with one attached hydrogen (secondary N) is 2. The van der Waals surface area contributed by atoms with Crippen molar-refractivity contribution in [2.24, 2.45) is 0 Å². The lowest BCUT2D eigenvalue weighted by molar-refractivity contribution is 0.0895. The standard InChI is InChI=1S/C22H25N5O2/c1-29-19-9-7-16(8-10-19)20-13-21(26-25-20)22(28)24-18-6-4-12-27(15-18)14-17-5-2-3-11-23-17/h2-3,5,7-11,13,18H,4,6,12,14-15H2,1H3,(H,24,28)(H,25,26)/t18-/m0/s1. The lowest BCUT2D eigenvalue weighted by Crippen LogP contribution is -2.47. The van der Waals surface area contributed by atoms with Crippen LogP contribution in [0.15, 0.2) is 54.7 Å². The number of ether oxygens (including phenoxy) is 1. The van der Waals surface area contributed by atoms with Crippen molar-refractivity contribution < 1.29 is 9.53 Å². The van der Waals surface area contributed by atoms with Crippen molar-refractivity contribution in [1.82, 2.24) is 25.4 Å². The fraction of sp³-hybridized carbons (Fsp3) is 0.318. The van der Waals surface area contributed by atoms with Gasteiger partial charge in [-0.2, -0.15) is 5.10 Å². The number of benzene rings is 1. The van der Waals surface area contributed by atoms with Crippen molar-refractivity contribution in [1.29, 1.82) is 0 Å². The van der Waals surface area contributed by atoms with Gasteiger partial charge >= 0.3 is 0 Å². The highest BCUT2D eigenvalue weighted by atomic mass is 16.5. The van der Waals surface area contributed by atoms with Crippen LogP contribution >= 0.6 is 0 Å². The highest BCUT2D eigenvalue weighted by Crippen LogP contribution is 2.21. The van der Waals surface area contributed by atoms with Gasteiger partial charge in [0.15, 0.2) is 0 Å². The predicted octanol–water partition coefficient (Wildman–Crippen LogP) is 2.87. The van der Waals surface area contributed by atoms with Crippen LogP contribution in [0.5, 0.6) is 5.75 Å². The molecule has 3 heterocycles. The monoisotopic (exact) mass is 391 g/mol. The van der Waals surface area contributed by atoms with E-state index in [1.54, 1.807) is 13.2 Å². The van der Waals surface area contributed by atoms with Crippen LogP contribution in [0.1, 0.15) is 29.0 Å². The molecule has 1 aliphatic heterocycles. The molecule has 4 rings (SSSR count). The number of likely N-dealkylation sites (tertiary alicyclic amines) is 1. The molecule has 2 aromatic heterocycles. The third kappa shape index (κ3) is 4.81. The van der Waals surface area contributed by atoms with E-state index < -0.39 is 0 Å². The van der Waals surface area contributed by atoms with E-state index in [4.69, 9.17) is 4.74 Å². The molecule has 1 saturated heterocycles. The molecule has 7 nitrogen and oxygen atoms in total. The van der Waals surface area contributed by atoms with Crippen LogP contribution in [0.3, 0.4) is 0 Å². The molecule has 0 bridgehead atoms. The Morgan fingerprint density at radius 3 is 2.90 bits per heavy atom. The van der Waals surface area contributed by atoms with Gasteiger partial charge in [0.05, 0.1) is 18.5 Å². The maximum atomic E-state index is 12.7. The van der Waals surface area contributed by atoms with Gasteiger partial charge in [-0.1, -0.05) is 6.07 Å². The second-order valence-electron chi connectivity index (χ2n) is 7.26. The average molecular weight is 391 g/mol. The molecule has 1 aliphatic rings. The normalized spacial score (nSPS) is 17.1. The molecule has 1 atom stereocenters. The highest BCUT2D eigenvalue weighted by molar-refractivity contribution is 5.93. The number of rotatable bonds is 6. The summed E-state index contributed by atoms with van der Waals surface area (Å²) in [4.78, 5) is 19.4. The van der Waals surface area contributed by atoms with Gasteiger partial charge in [-0.15, -0.1) is 0 Å². The summed E-state index contributed by atoms with van der Waals surface area (Å²) in [5, 5.41) is 10.3. The Bertz CT molecular complexity index is 939. The molecule has 0 spiro atoms. The van der Waals surface area contributed by atoms with Gasteiger partial charge in [-0.25, -0.2) is 0 Å². The van der Waals surface area contributed by atoms with Gasteiger partial charge in [-0.3, -0.25) is 19.8 Å². The van der Waals surface area contributed by atoms with Crippen molar-refractivity contribution in [3.63, 3.8) is 0 Å². The maximum Gasteiger partial charge on any atom is 0.269 e. The van der Waals surface area contributed by atoms with Gasteiger partial charge < -0.3 is 10.1 Å². The number of aromatic nitrogens is 3. The molecule has 0 saturated carbocycles. The van der Waals surface area contributed by atoms with E-state index in [1.807, 2.05) is 48.7 Å². The van der Waals surface area contributed by atoms with E-state index in [2.05, 4.69) is 25.4 Å². The topological polar surface area (TPSA) is 83.1 Å². The third-order valence-corrected chi connectivity index (χ3v) is 5.16. The first-order valence-corrected chi connectivity index (χ1v) is 9.84. The molecule has 0 aliphatic carbocycles. The van der Waals surface area contributed by atoms with Crippen LogP contribution in [0.2, 0.25) is 0 Å².